The third-order valence-corrected chi connectivity index (χ3v) is 6.89. The van der Waals surface area contributed by atoms with Crippen molar-refractivity contribution in [3.8, 4) is 11.5 Å². The van der Waals surface area contributed by atoms with Gasteiger partial charge in [-0.05, 0) is 43.5 Å². The molecule has 10 heteroatoms. The largest absolute Gasteiger partial charge is 0.497 e. The summed E-state index contributed by atoms with van der Waals surface area (Å²) in [6.07, 6.45) is 0. The van der Waals surface area contributed by atoms with Gasteiger partial charge in [0.05, 0.1) is 26.8 Å². The number of methoxy groups -OCH3 is 2. The highest BCUT2D eigenvalue weighted by Gasteiger charge is 2.15. The van der Waals surface area contributed by atoms with Crippen molar-refractivity contribution in [2.75, 3.05) is 33.9 Å². The Morgan fingerprint density at radius 1 is 1.24 bits per heavy atom. The minimum Gasteiger partial charge on any atom is -0.497 e. The molecule has 2 aromatic rings. The van der Waals surface area contributed by atoms with E-state index in [1.807, 2.05) is 32.0 Å². The molecular formula is C19H28N4O4S2. The van der Waals surface area contributed by atoms with Crippen molar-refractivity contribution in [2.24, 2.45) is 4.99 Å². The van der Waals surface area contributed by atoms with Gasteiger partial charge in [-0.15, -0.1) is 11.3 Å². The van der Waals surface area contributed by atoms with Crippen LogP contribution in [-0.4, -0.2) is 48.2 Å². The van der Waals surface area contributed by atoms with Crippen LogP contribution in [0.5, 0.6) is 11.5 Å². The highest BCUT2D eigenvalue weighted by atomic mass is 32.2. The average Bonchev–Trinajstić information content (AvgIpc) is 3.26. The molecule has 0 fully saturated rings. The fraction of sp³-hybridized carbons (Fsp3) is 0.421. The van der Waals surface area contributed by atoms with E-state index in [1.165, 1.54) is 11.3 Å². The SMILES string of the molecule is CCNC(=NCCNS(=O)(=O)c1cccs1)NC(C)c1cc(OC)ccc1OC. The molecule has 29 heavy (non-hydrogen) atoms. The zero-order chi connectivity index (χ0) is 21.3. The molecule has 0 bridgehead atoms. The van der Waals surface area contributed by atoms with Gasteiger partial charge in [0.25, 0.3) is 0 Å². The second-order valence-electron chi connectivity index (χ2n) is 6.06. The molecule has 0 aliphatic carbocycles. The molecule has 8 nitrogen and oxygen atoms in total. The second-order valence-corrected chi connectivity index (χ2v) is 9.01. The van der Waals surface area contributed by atoms with Crippen LogP contribution in [0.15, 0.2) is 44.9 Å². The van der Waals surface area contributed by atoms with Crippen molar-refractivity contribution in [3.05, 3.63) is 41.3 Å². The Balaban J connectivity index is 2.02. The lowest BCUT2D eigenvalue weighted by atomic mass is 10.1. The molecule has 0 spiro atoms. The number of hydrogen-bond donors (Lipinski definition) is 3. The Hall–Kier alpha value is -2.30. The number of nitrogens with one attached hydrogen (secondary N) is 3. The van der Waals surface area contributed by atoms with E-state index in [2.05, 4.69) is 20.3 Å². The van der Waals surface area contributed by atoms with Gasteiger partial charge in [0.15, 0.2) is 5.96 Å². The van der Waals surface area contributed by atoms with Crippen molar-refractivity contribution in [2.45, 2.75) is 24.1 Å². The molecule has 0 saturated carbocycles. The monoisotopic (exact) mass is 440 g/mol. The number of sulfonamides is 1. The van der Waals surface area contributed by atoms with Gasteiger partial charge in [-0.3, -0.25) is 4.99 Å². The Bertz CT molecular complexity index is 899. The smallest absolute Gasteiger partial charge is 0.250 e. The van der Waals surface area contributed by atoms with E-state index in [9.17, 15) is 8.42 Å². The minimum absolute atomic E-state index is 0.110. The van der Waals surface area contributed by atoms with Crippen molar-refractivity contribution in [1.82, 2.24) is 15.4 Å². The maximum atomic E-state index is 12.2. The van der Waals surface area contributed by atoms with Crippen LogP contribution in [0.2, 0.25) is 0 Å². The molecule has 1 aromatic carbocycles. The number of aliphatic imine (C=N–C) groups is 1. The van der Waals surface area contributed by atoms with E-state index < -0.39 is 10.0 Å². The normalized spacial score (nSPS) is 13.0. The summed E-state index contributed by atoms with van der Waals surface area (Å²) in [5.41, 5.74) is 0.927. The van der Waals surface area contributed by atoms with Gasteiger partial charge in [-0.1, -0.05) is 6.07 Å². The first kappa shape index (κ1) is 23.0. The van der Waals surface area contributed by atoms with E-state index in [1.54, 1.807) is 31.7 Å². The summed E-state index contributed by atoms with van der Waals surface area (Å²) < 4.78 is 37.9. The van der Waals surface area contributed by atoms with Crippen LogP contribution < -0.4 is 24.8 Å². The van der Waals surface area contributed by atoms with Crippen LogP contribution in [0.25, 0.3) is 0 Å². The number of hydrogen-bond acceptors (Lipinski definition) is 6. The van der Waals surface area contributed by atoms with Crippen molar-refractivity contribution in [3.63, 3.8) is 0 Å². The second kappa shape index (κ2) is 11.0. The lowest BCUT2D eigenvalue weighted by Gasteiger charge is -2.20. The highest BCUT2D eigenvalue weighted by molar-refractivity contribution is 7.91. The van der Waals surface area contributed by atoms with Crippen LogP contribution in [0.4, 0.5) is 0 Å². The molecule has 1 heterocycles. The summed E-state index contributed by atoms with van der Waals surface area (Å²) in [4.78, 5) is 4.46. The number of nitrogens with zero attached hydrogens (tertiary/aromatic N) is 1. The Morgan fingerprint density at radius 3 is 2.66 bits per heavy atom. The summed E-state index contributed by atoms with van der Waals surface area (Å²) in [5.74, 6) is 2.06. The lowest BCUT2D eigenvalue weighted by molar-refractivity contribution is 0.394. The van der Waals surface area contributed by atoms with Crippen LogP contribution >= 0.6 is 11.3 Å². The minimum atomic E-state index is -3.48. The molecule has 1 unspecified atom stereocenters. The van der Waals surface area contributed by atoms with E-state index in [0.29, 0.717) is 23.3 Å². The quantitative estimate of drug-likeness (QED) is 0.298. The molecule has 0 aliphatic rings. The van der Waals surface area contributed by atoms with Gasteiger partial charge in [0, 0.05) is 18.7 Å². The van der Waals surface area contributed by atoms with Crippen LogP contribution in [0.3, 0.4) is 0 Å². The van der Waals surface area contributed by atoms with Crippen molar-refractivity contribution in [1.29, 1.82) is 0 Å². The molecule has 0 saturated heterocycles. The standard InChI is InChI=1S/C19H28N4O4S2/c1-5-20-19(21-10-11-22-29(24,25)18-7-6-12-28-18)23-14(2)16-13-15(26-3)8-9-17(16)27-4/h6-9,12-14,22H,5,10-11H2,1-4H3,(H2,20,21,23). The molecule has 3 N–H and O–H groups in total. The van der Waals surface area contributed by atoms with Gasteiger partial charge in [0.1, 0.15) is 15.7 Å². The first-order valence-electron chi connectivity index (χ1n) is 9.21. The summed E-state index contributed by atoms with van der Waals surface area (Å²) in [6.45, 7) is 5.13. The molecule has 0 radical (unpaired) electrons. The summed E-state index contributed by atoms with van der Waals surface area (Å²) in [7, 11) is -0.242. The molecule has 2 rings (SSSR count). The fourth-order valence-electron chi connectivity index (χ4n) is 2.62. The first-order chi connectivity index (χ1) is 13.9. The third-order valence-electron chi connectivity index (χ3n) is 4.03. The Morgan fingerprint density at radius 2 is 2.03 bits per heavy atom. The molecule has 160 valence electrons. The molecule has 1 atom stereocenters. The van der Waals surface area contributed by atoms with Gasteiger partial charge in [0.2, 0.25) is 10.0 Å². The lowest BCUT2D eigenvalue weighted by Crippen LogP contribution is -2.39. The summed E-state index contributed by atoms with van der Waals surface area (Å²) >= 11 is 1.18. The number of ether oxygens (including phenoxy) is 2. The summed E-state index contributed by atoms with van der Waals surface area (Å²) in [5, 5.41) is 8.21. The Kier molecular flexibility index (Phi) is 8.74. The van der Waals surface area contributed by atoms with Crippen molar-refractivity contribution < 1.29 is 17.9 Å². The zero-order valence-corrected chi connectivity index (χ0v) is 18.7. The van der Waals surface area contributed by atoms with Crippen molar-refractivity contribution >= 4 is 27.3 Å². The van der Waals surface area contributed by atoms with Gasteiger partial charge >= 0.3 is 0 Å². The van der Waals surface area contributed by atoms with Crippen LogP contribution in [0.1, 0.15) is 25.5 Å². The van der Waals surface area contributed by atoms with E-state index in [-0.39, 0.29) is 12.6 Å². The third kappa shape index (κ3) is 6.62. The fourth-order valence-corrected chi connectivity index (χ4v) is 4.67. The number of benzene rings is 1. The molecule has 1 aromatic heterocycles. The first-order valence-corrected chi connectivity index (χ1v) is 11.6. The summed E-state index contributed by atoms with van der Waals surface area (Å²) in [6, 6.07) is 8.78. The predicted molar refractivity (Wildman–Crippen MR) is 117 cm³/mol. The molecular weight excluding hydrogens is 412 g/mol. The highest BCUT2D eigenvalue weighted by Crippen LogP contribution is 2.29. The maximum Gasteiger partial charge on any atom is 0.250 e. The Labute approximate surface area is 176 Å². The number of guanidine groups is 1. The number of rotatable bonds is 10. The molecule has 0 aliphatic heterocycles. The van der Waals surface area contributed by atoms with E-state index in [0.717, 1.165) is 17.1 Å². The van der Waals surface area contributed by atoms with Gasteiger partial charge < -0.3 is 20.1 Å². The van der Waals surface area contributed by atoms with E-state index >= 15 is 0 Å². The van der Waals surface area contributed by atoms with Gasteiger partial charge in [-0.25, -0.2) is 13.1 Å². The van der Waals surface area contributed by atoms with Crippen LogP contribution in [-0.2, 0) is 10.0 Å². The number of thiophene rings is 1. The van der Waals surface area contributed by atoms with Gasteiger partial charge in [-0.2, -0.15) is 0 Å². The average molecular weight is 441 g/mol. The molecule has 0 amide bonds. The van der Waals surface area contributed by atoms with E-state index in [4.69, 9.17) is 9.47 Å². The predicted octanol–water partition coefficient (Wildman–Crippen LogP) is 2.36. The topological polar surface area (TPSA) is 101 Å². The maximum absolute atomic E-state index is 12.2. The zero-order valence-electron chi connectivity index (χ0n) is 17.1. The van der Waals surface area contributed by atoms with Crippen LogP contribution in [0, 0.1) is 0 Å².